The first-order valence-electron chi connectivity index (χ1n) is 3.70. The second kappa shape index (κ2) is 3.30. The van der Waals surface area contributed by atoms with Gasteiger partial charge in [-0.2, -0.15) is 0 Å². The lowest BCUT2D eigenvalue weighted by Crippen LogP contribution is -1.93. The number of carbonyl (C=O) groups is 2. The predicted octanol–water partition coefficient (Wildman–Crippen LogP) is 1.93. The minimum Gasteiger partial charge on any atom is -0.298 e. The van der Waals surface area contributed by atoms with Crippen molar-refractivity contribution in [1.82, 2.24) is 0 Å². The molecule has 2 heteroatoms. The average Bonchev–Trinajstić information content (AvgIpc) is 2.05. The number of benzene rings is 1. The number of hydrogen-bond acceptors (Lipinski definition) is 2. The lowest BCUT2D eigenvalue weighted by atomic mass is 10.0. The van der Waals surface area contributed by atoms with Crippen LogP contribution in [0.1, 0.15) is 31.8 Å². The van der Waals surface area contributed by atoms with Crippen LogP contribution in [0.3, 0.4) is 0 Å². The summed E-state index contributed by atoms with van der Waals surface area (Å²) >= 11 is 0. The van der Waals surface area contributed by atoms with E-state index in [1.165, 1.54) is 0 Å². The molecule has 0 spiro atoms. The van der Waals surface area contributed by atoms with Gasteiger partial charge in [-0.15, -0.1) is 0 Å². The maximum atomic E-state index is 10.5. The van der Waals surface area contributed by atoms with Crippen molar-refractivity contribution in [2.24, 2.45) is 0 Å². The van der Waals surface area contributed by atoms with Crippen LogP contribution in [0.4, 0.5) is 0 Å². The Kier molecular flexibility index (Phi) is 2.38. The molecule has 0 unspecified atom stereocenters. The van der Waals surface area contributed by atoms with Crippen LogP contribution in [0.2, 0.25) is 0 Å². The fraction of sp³-hybridized carbons (Fsp3) is 0.200. The second-order valence-electron chi connectivity index (χ2n) is 2.80. The van der Waals surface area contributed by atoms with Crippen molar-refractivity contribution in [3.8, 4) is 0 Å². The second-order valence-corrected chi connectivity index (χ2v) is 2.80. The molecule has 2 nitrogen and oxygen atoms in total. The Morgan fingerprint density at radius 3 is 1.67 bits per heavy atom. The van der Waals surface area contributed by atoms with Gasteiger partial charge in [0.2, 0.25) is 0 Å². The Labute approximate surface area is 71.2 Å². The molecule has 0 amide bonds. The Bertz CT molecular complexity index is 298. The molecule has 0 radical (unpaired) electrons. The molecule has 1 aromatic carbocycles. The summed E-state index contributed by atoms with van der Waals surface area (Å²) in [6.45, 7) is 3.70. The lowest BCUT2D eigenvalue weighted by Gasteiger charge is -2.02. The highest BCUT2D eigenvalue weighted by Gasteiger charge is 2.01. The van der Waals surface area contributed by atoms with Gasteiger partial charge in [0.25, 0.3) is 0 Å². The van der Waals surface area contributed by atoms with Crippen molar-refractivity contribution < 1.29 is 9.59 Å². The summed E-state index contributed by atoms with van der Waals surface area (Å²) in [5.74, 6) is 0. The lowest BCUT2D eigenvalue weighted by molar-refractivity contribution is 0.112. The molecule has 0 fully saturated rings. The smallest absolute Gasteiger partial charge is 0.150 e. The van der Waals surface area contributed by atoms with E-state index in [0.29, 0.717) is 11.1 Å². The molecule has 62 valence electrons. The van der Waals surface area contributed by atoms with Gasteiger partial charge in [-0.1, -0.05) is 6.07 Å². The maximum Gasteiger partial charge on any atom is 0.150 e. The Hall–Kier alpha value is -1.44. The molecular formula is C10H10O2. The SMILES string of the molecule is Cc1cc(C)c(C=O)cc1C=O. The third-order valence-corrected chi connectivity index (χ3v) is 1.91. The molecule has 1 rings (SSSR count). The van der Waals surface area contributed by atoms with Crippen LogP contribution >= 0.6 is 0 Å². The number of aryl methyl sites for hydroxylation is 2. The monoisotopic (exact) mass is 162 g/mol. The van der Waals surface area contributed by atoms with Crippen molar-refractivity contribution >= 4 is 12.6 Å². The highest BCUT2D eigenvalue weighted by Crippen LogP contribution is 2.12. The molecule has 0 heterocycles. The summed E-state index contributed by atoms with van der Waals surface area (Å²) in [6, 6.07) is 3.46. The molecule has 0 saturated heterocycles. The summed E-state index contributed by atoms with van der Waals surface area (Å²) in [7, 11) is 0. The van der Waals surface area contributed by atoms with Gasteiger partial charge in [-0.3, -0.25) is 9.59 Å². The zero-order valence-electron chi connectivity index (χ0n) is 7.13. The van der Waals surface area contributed by atoms with Crippen molar-refractivity contribution in [2.45, 2.75) is 13.8 Å². The minimum atomic E-state index is 0.586. The average molecular weight is 162 g/mol. The Balaban J connectivity index is 3.36. The summed E-state index contributed by atoms with van der Waals surface area (Å²) in [6.07, 6.45) is 1.53. The van der Waals surface area contributed by atoms with Crippen molar-refractivity contribution in [3.05, 3.63) is 34.4 Å². The largest absolute Gasteiger partial charge is 0.298 e. The summed E-state index contributed by atoms with van der Waals surface area (Å²) in [4.78, 5) is 21.0. The fourth-order valence-corrected chi connectivity index (χ4v) is 1.14. The van der Waals surface area contributed by atoms with E-state index >= 15 is 0 Å². The molecule has 0 aliphatic heterocycles. The molecule has 0 aliphatic rings. The number of carbonyl (C=O) groups excluding carboxylic acids is 2. The first-order valence-corrected chi connectivity index (χ1v) is 3.70. The molecule has 0 saturated carbocycles. The zero-order valence-corrected chi connectivity index (χ0v) is 7.13. The van der Waals surface area contributed by atoms with Gasteiger partial charge in [-0.05, 0) is 31.0 Å². The van der Waals surface area contributed by atoms with Crippen LogP contribution in [-0.4, -0.2) is 12.6 Å². The van der Waals surface area contributed by atoms with Gasteiger partial charge in [0.05, 0.1) is 0 Å². The van der Waals surface area contributed by atoms with Gasteiger partial charge in [0.15, 0.2) is 0 Å². The first kappa shape index (κ1) is 8.65. The summed E-state index contributed by atoms with van der Waals surface area (Å²) in [5, 5.41) is 0. The van der Waals surface area contributed by atoms with Gasteiger partial charge >= 0.3 is 0 Å². The zero-order chi connectivity index (χ0) is 9.14. The van der Waals surface area contributed by atoms with Gasteiger partial charge in [0.1, 0.15) is 12.6 Å². The minimum absolute atomic E-state index is 0.586. The van der Waals surface area contributed by atoms with E-state index < -0.39 is 0 Å². The normalized spacial score (nSPS) is 9.50. The van der Waals surface area contributed by atoms with Gasteiger partial charge in [-0.25, -0.2) is 0 Å². The Morgan fingerprint density at radius 2 is 1.33 bits per heavy atom. The maximum absolute atomic E-state index is 10.5. The van der Waals surface area contributed by atoms with Crippen LogP contribution in [0, 0.1) is 13.8 Å². The molecule has 12 heavy (non-hydrogen) atoms. The van der Waals surface area contributed by atoms with Crippen molar-refractivity contribution in [2.75, 3.05) is 0 Å². The van der Waals surface area contributed by atoms with Crippen LogP contribution < -0.4 is 0 Å². The van der Waals surface area contributed by atoms with E-state index in [1.54, 1.807) is 6.07 Å². The predicted molar refractivity (Wildman–Crippen MR) is 46.7 cm³/mol. The van der Waals surface area contributed by atoms with E-state index in [-0.39, 0.29) is 0 Å². The van der Waals surface area contributed by atoms with Crippen LogP contribution in [0.5, 0.6) is 0 Å². The Morgan fingerprint density at radius 1 is 0.917 bits per heavy atom. The summed E-state index contributed by atoms with van der Waals surface area (Å²) in [5.41, 5.74) is 2.99. The molecule has 0 bridgehead atoms. The molecule has 1 aromatic rings. The molecule has 0 aliphatic carbocycles. The van der Waals surface area contributed by atoms with E-state index in [1.807, 2.05) is 19.9 Å². The highest BCUT2D eigenvalue weighted by molar-refractivity contribution is 5.84. The van der Waals surface area contributed by atoms with Gasteiger partial charge < -0.3 is 0 Å². The summed E-state index contributed by atoms with van der Waals surface area (Å²) < 4.78 is 0. The van der Waals surface area contributed by atoms with E-state index in [4.69, 9.17) is 0 Å². The quantitative estimate of drug-likeness (QED) is 0.622. The first-order chi connectivity index (χ1) is 5.69. The third kappa shape index (κ3) is 1.42. The van der Waals surface area contributed by atoms with E-state index in [2.05, 4.69) is 0 Å². The molecular weight excluding hydrogens is 152 g/mol. The molecule has 0 aromatic heterocycles. The van der Waals surface area contributed by atoms with Gasteiger partial charge in [0, 0.05) is 11.1 Å². The van der Waals surface area contributed by atoms with Crippen molar-refractivity contribution in [1.29, 1.82) is 0 Å². The van der Waals surface area contributed by atoms with Crippen LogP contribution in [0.25, 0.3) is 0 Å². The van der Waals surface area contributed by atoms with Crippen molar-refractivity contribution in [3.63, 3.8) is 0 Å². The van der Waals surface area contributed by atoms with Crippen LogP contribution in [0.15, 0.2) is 12.1 Å². The van der Waals surface area contributed by atoms with E-state index in [0.717, 1.165) is 23.7 Å². The number of rotatable bonds is 2. The molecule has 0 atom stereocenters. The highest BCUT2D eigenvalue weighted by atomic mass is 16.1. The molecule has 0 N–H and O–H groups in total. The third-order valence-electron chi connectivity index (χ3n) is 1.91. The van der Waals surface area contributed by atoms with Crippen LogP contribution in [-0.2, 0) is 0 Å². The fourth-order valence-electron chi connectivity index (χ4n) is 1.14. The van der Waals surface area contributed by atoms with E-state index in [9.17, 15) is 9.59 Å². The number of aldehydes is 2. The number of hydrogen-bond donors (Lipinski definition) is 0. The standard InChI is InChI=1S/C10H10O2/c1-7-3-8(2)10(6-12)4-9(7)5-11/h3-6H,1-2H3. The topological polar surface area (TPSA) is 34.1 Å².